The van der Waals surface area contributed by atoms with Gasteiger partial charge in [0.15, 0.2) is 0 Å². The summed E-state index contributed by atoms with van der Waals surface area (Å²) < 4.78 is 1.29. The molecule has 2 aromatic carbocycles. The van der Waals surface area contributed by atoms with Crippen molar-refractivity contribution in [2.24, 2.45) is 7.05 Å². The molecule has 0 aliphatic rings. The number of aromatic nitrogens is 2. The number of urea groups is 1. The van der Waals surface area contributed by atoms with E-state index in [1.54, 1.807) is 25.2 Å². The second-order valence-electron chi connectivity index (χ2n) is 6.61. The predicted molar refractivity (Wildman–Crippen MR) is 108 cm³/mol. The number of amides is 2. The Balaban J connectivity index is 1.64. The van der Waals surface area contributed by atoms with Gasteiger partial charge in [0, 0.05) is 30.1 Å². The average Bonchev–Trinajstić information content (AvgIpc) is 2.65. The minimum Gasteiger partial charge on any atom is -0.308 e. The van der Waals surface area contributed by atoms with E-state index in [2.05, 4.69) is 29.6 Å². The van der Waals surface area contributed by atoms with Gasteiger partial charge in [-0.1, -0.05) is 38.1 Å². The normalized spacial score (nSPS) is 10.7. The van der Waals surface area contributed by atoms with Gasteiger partial charge in [0.1, 0.15) is 0 Å². The van der Waals surface area contributed by atoms with Crippen LogP contribution in [0.2, 0.25) is 0 Å². The molecule has 0 aliphatic carbocycles. The first-order valence-corrected chi connectivity index (χ1v) is 8.75. The third kappa shape index (κ3) is 4.61. The highest BCUT2D eigenvalue weighted by atomic mass is 16.2. The van der Waals surface area contributed by atoms with E-state index in [1.807, 2.05) is 36.4 Å². The van der Waals surface area contributed by atoms with Crippen LogP contribution in [0.1, 0.15) is 25.3 Å². The molecule has 0 spiro atoms. The lowest BCUT2D eigenvalue weighted by Gasteiger charge is -2.10. The van der Waals surface area contributed by atoms with Crippen molar-refractivity contribution in [1.82, 2.24) is 9.78 Å². The number of nitrogens with zero attached hydrogens (tertiary/aromatic N) is 2. The molecule has 6 nitrogen and oxygen atoms in total. The number of hydrogen-bond acceptors (Lipinski definition) is 3. The van der Waals surface area contributed by atoms with Crippen molar-refractivity contribution in [3.8, 4) is 11.3 Å². The van der Waals surface area contributed by atoms with Crippen molar-refractivity contribution in [1.29, 1.82) is 0 Å². The van der Waals surface area contributed by atoms with E-state index in [4.69, 9.17) is 0 Å². The second kappa shape index (κ2) is 7.86. The Morgan fingerprint density at radius 2 is 1.44 bits per heavy atom. The number of nitrogens with one attached hydrogen (secondary N) is 2. The van der Waals surface area contributed by atoms with Gasteiger partial charge in [-0.05, 0) is 41.8 Å². The number of carbonyl (C=O) groups is 1. The molecule has 27 heavy (non-hydrogen) atoms. The first-order chi connectivity index (χ1) is 12.9. The first-order valence-electron chi connectivity index (χ1n) is 8.75. The fraction of sp³-hybridized carbons (Fsp3) is 0.190. The second-order valence-corrected chi connectivity index (χ2v) is 6.61. The summed E-state index contributed by atoms with van der Waals surface area (Å²) in [6, 6.07) is 17.9. The van der Waals surface area contributed by atoms with Gasteiger partial charge in [0.05, 0.1) is 5.69 Å². The van der Waals surface area contributed by atoms with E-state index in [0.29, 0.717) is 17.3 Å². The Labute approximate surface area is 157 Å². The van der Waals surface area contributed by atoms with Crippen molar-refractivity contribution in [3.63, 3.8) is 0 Å². The van der Waals surface area contributed by atoms with E-state index in [9.17, 15) is 9.59 Å². The fourth-order valence-electron chi connectivity index (χ4n) is 2.63. The Morgan fingerprint density at radius 3 is 1.96 bits per heavy atom. The van der Waals surface area contributed by atoms with E-state index in [0.717, 1.165) is 11.3 Å². The van der Waals surface area contributed by atoms with Crippen LogP contribution in [0.4, 0.5) is 16.2 Å². The van der Waals surface area contributed by atoms with Crippen molar-refractivity contribution in [2.75, 3.05) is 10.6 Å². The third-order valence-electron chi connectivity index (χ3n) is 4.23. The summed E-state index contributed by atoms with van der Waals surface area (Å²) in [5, 5.41) is 9.83. The molecule has 1 heterocycles. The van der Waals surface area contributed by atoms with Crippen LogP contribution in [-0.4, -0.2) is 15.8 Å². The summed E-state index contributed by atoms with van der Waals surface area (Å²) in [7, 11) is 1.61. The monoisotopic (exact) mass is 362 g/mol. The summed E-state index contributed by atoms with van der Waals surface area (Å²) in [4.78, 5) is 23.6. The predicted octanol–water partition coefficient (Wildman–Crippen LogP) is 4.21. The van der Waals surface area contributed by atoms with Crippen LogP contribution in [0.3, 0.4) is 0 Å². The summed E-state index contributed by atoms with van der Waals surface area (Å²) in [6.45, 7) is 4.26. The Kier molecular flexibility index (Phi) is 5.35. The maximum absolute atomic E-state index is 12.2. The Hall–Kier alpha value is -3.41. The van der Waals surface area contributed by atoms with Gasteiger partial charge in [-0.2, -0.15) is 5.10 Å². The van der Waals surface area contributed by atoms with Crippen LogP contribution in [-0.2, 0) is 7.05 Å². The minimum absolute atomic E-state index is 0.157. The van der Waals surface area contributed by atoms with Crippen LogP contribution in [0.5, 0.6) is 0 Å². The number of aryl methyl sites for hydroxylation is 1. The highest BCUT2D eigenvalue weighted by molar-refractivity contribution is 5.99. The lowest BCUT2D eigenvalue weighted by Crippen LogP contribution is -2.19. The molecule has 3 rings (SSSR count). The molecule has 0 saturated heterocycles. The molecular formula is C21H22N4O2. The zero-order chi connectivity index (χ0) is 19.4. The van der Waals surface area contributed by atoms with E-state index in [1.165, 1.54) is 16.3 Å². The van der Waals surface area contributed by atoms with E-state index in [-0.39, 0.29) is 11.6 Å². The molecule has 138 valence electrons. The molecular weight excluding hydrogens is 340 g/mol. The molecule has 0 atom stereocenters. The summed E-state index contributed by atoms with van der Waals surface area (Å²) in [6.07, 6.45) is 0. The van der Waals surface area contributed by atoms with Crippen LogP contribution in [0, 0.1) is 0 Å². The first kappa shape index (κ1) is 18.4. The average molecular weight is 362 g/mol. The maximum atomic E-state index is 12.2. The fourth-order valence-corrected chi connectivity index (χ4v) is 2.63. The molecule has 0 saturated carbocycles. The molecule has 0 unspecified atom stereocenters. The van der Waals surface area contributed by atoms with Gasteiger partial charge in [-0.15, -0.1) is 0 Å². The minimum atomic E-state index is -0.305. The van der Waals surface area contributed by atoms with Gasteiger partial charge >= 0.3 is 6.03 Å². The molecule has 3 aromatic rings. The SMILES string of the molecule is CC(C)c1ccc(NC(=O)Nc2ccc(-c3ccc(=O)n(C)n3)cc2)cc1. The lowest BCUT2D eigenvalue weighted by atomic mass is 10.0. The molecule has 0 fully saturated rings. The van der Waals surface area contributed by atoms with Crippen LogP contribution < -0.4 is 16.2 Å². The zero-order valence-electron chi connectivity index (χ0n) is 15.6. The number of benzene rings is 2. The van der Waals surface area contributed by atoms with Gasteiger partial charge in [0.2, 0.25) is 0 Å². The third-order valence-corrected chi connectivity index (χ3v) is 4.23. The zero-order valence-corrected chi connectivity index (χ0v) is 15.6. The molecule has 1 aromatic heterocycles. The van der Waals surface area contributed by atoms with E-state index < -0.39 is 0 Å². The topological polar surface area (TPSA) is 76.0 Å². The summed E-state index contributed by atoms with van der Waals surface area (Å²) in [5.41, 5.74) is 4.03. The quantitative estimate of drug-likeness (QED) is 0.730. The molecule has 2 amide bonds. The molecule has 0 aliphatic heterocycles. The van der Waals surface area contributed by atoms with Crippen LogP contribution in [0.15, 0.2) is 65.5 Å². The van der Waals surface area contributed by atoms with Crippen LogP contribution >= 0.6 is 0 Å². The molecule has 2 N–H and O–H groups in total. The van der Waals surface area contributed by atoms with Gasteiger partial charge in [0.25, 0.3) is 5.56 Å². The molecule has 6 heteroatoms. The smallest absolute Gasteiger partial charge is 0.308 e. The molecule has 0 bridgehead atoms. The Bertz CT molecular complexity index is 990. The highest BCUT2D eigenvalue weighted by Gasteiger charge is 2.06. The van der Waals surface area contributed by atoms with Crippen molar-refractivity contribution < 1.29 is 4.79 Å². The van der Waals surface area contributed by atoms with Crippen LogP contribution in [0.25, 0.3) is 11.3 Å². The number of hydrogen-bond donors (Lipinski definition) is 2. The lowest BCUT2D eigenvalue weighted by molar-refractivity contribution is 0.262. The van der Waals surface area contributed by atoms with Crippen molar-refractivity contribution in [2.45, 2.75) is 19.8 Å². The largest absolute Gasteiger partial charge is 0.323 e. The number of anilines is 2. The molecule has 0 radical (unpaired) electrons. The number of carbonyl (C=O) groups excluding carboxylic acids is 1. The van der Waals surface area contributed by atoms with Crippen molar-refractivity contribution in [3.05, 3.63) is 76.6 Å². The maximum Gasteiger partial charge on any atom is 0.323 e. The van der Waals surface area contributed by atoms with Gasteiger partial charge < -0.3 is 10.6 Å². The van der Waals surface area contributed by atoms with Crippen molar-refractivity contribution >= 4 is 17.4 Å². The summed E-state index contributed by atoms with van der Waals surface area (Å²) >= 11 is 0. The Morgan fingerprint density at radius 1 is 0.889 bits per heavy atom. The van der Waals surface area contributed by atoms with Gasteiger partial charge in [-0.3, -0.25) is 4.79 Å². The number of rotatable bonds is 4. The van der Waals surface area contributed by atoms with E-state index >= 15 is 0 Å². The standard InChI is InChI=1S/C21H22N4O2/c1-14(2)15-4-8-17(9-5-15)22-21(27)23-18-10-6-16(7-11-18)19-12-13-20(26)25(3)24-19/h4-14H,1-3H3,(H2,22,23,27). The van der Waals surface area contributed by atoms with Gasteiger partial charge in [-0.25, -0.2) is 9.48 Å². The highest BCUT2D eigenvalue weighted by Crippen LogP contribution is 2.20. The summed E-state index contributed by atoms with van der Waals surface area (Å²) in [5.74, 6) is 0.452.